The number of pyridine rings is 2. The molecule has 0 saturated heterocycles. The predicted molar refractivity (Wildman–Crippen MR) is 113 cm³/mol. The Morgan fingerprint density at radius 1 is 0.931 bits per heavy atom. The fourth-order valence-electron chi connectivity index (χ4n) is 3.31. The smallest absolute Gasteiger partial charge is 0.162 e. The fraction of sp³-hybridized carbons (Fsp3) is 0.174. The standard InChI is InChI=1S/C23H21N5O/c29-13-9-18(14-17-4-2-1-3-5-17)15-26-23-20-8-12-25-16-21(20)27-22(28-23)19-6-10-24-11-7-19/h1-8,10-13,16,18H,9,14-15H2,(H,26,27,28)/t18-/m0/s1. The van der Waals surface area contributed by atoms with Crippen LogP contribution in [0.25, 0.3) is 22.3 Å². The van der Waals surface area contributed by atoms with Gasteiger partial charge in [0.2, 0.25) is 0 Å². The number of aromatic nitrogens is 4. The molecule has 1 atom stereocenters. The maximum absolute atomic E-state index is 11.2. The summed E-state index contributed by atoms with van der Waals surface area (Å²) in [5.41, 5.74) is 2.88. The van der Waals surface area contributed by atoms with Gasteiger partial charge in [-0.15, -0.1) is 0 Å². The molecule has 144 valence electrons. The highest BCUT2D eigenvalue weighted by molar-refractivity contribution is 5.89. The fourth-order valence-corrected chi connectivity index (χ4v) is 3.31. The van der Waals surface area contributed by atoms with Crippen LogP contribution in [-0.4, -0.2) is 32.8 Å². The maximum Gasteiger partial charge on any atom is 0.162 e. The molecule has 6 nitrogen and oxygen atoms in total. The first-order chi connectivity index (χ1) is 14.3. The first-order valence-corrected chi connectivity index (χ1v) is 9.57. The molecule has 1 N–H and O–H groups in total. The van der Waals surface area contributed by atoms with Gasteiger partial charge in [-0.25, -0.2) is 9.97 Å². The second-order valence-corrected chi connectivity index (χ2v) is 6.86. The number of benzene rings is 1. The highest BCUT2D eigenvalue weighted by Crippen LogP contribution is 2.24. The lowest BCUT2D eigenvalue weighted by Gasteiger charge is -2.17. The van der Waals surface area contributed by atoms with Gasteiger partial charge in [-0.05, 0) is 36.1 Å². The van der Waals surface area contributed by atoms with E-state index in [1.807, 2.05) is 36.4 Å². The van der Waals surface area contributed by atoms with Gasteiger partial charge in [0.05, 0.1) is 11.7 Å². The molecule has 0 aliphatic heterocycles. The van der Waals surface area contributed by atoms with Crippen LogP contribution in [0.5, 0.6) is 0 Å². The van der Waals surface area contributed by atoms with Crippen molar-refractivity contribution in [2.24, 2.45) is 5.92 Å². The van der Waals surface area contributed by atoms with E-state index in [1.54, 1.807) is 24.8 Å². The summed E-state index contributed by atoms with van der Waals surface area (Å²) in [4.78, 5) is 28.8. The Labute approximate surface area is 169 Å². The number of nitrogens with zero attached hydrogens (tertiary/aromatic N) is 4. The molecule has 0 unspecified atom stereocenters. The molecule has 0 fully saturated rings. The maximum atomic E-state index is 11.2. The molecular formula is C23H21N5O. The normalized spacial score (nSPS) is 11.9. The van der Waals surface area contributed by atoms with E-state index in [0.29, 0.717) is 18.8 Å². The largest absolute Gasteiger partial charge is 0.369 e. The number of fused-ring (bicyclic) bond motifs is 1. The van der Waals surface area contributed by atoms with Crippen molar-refractivity contribution in [3.8, 4) is 11.4 Å². The molecule has 0 aliphatic rings. The van der Waals surface area contributed by atoms with Crippen LogP contribution in [-0.2, 0) is 11.2 Å². The Morgan fingerprint density at radius 3 is 2.52 bits per heavy atom. The minimum Gasteiger partial charge on any atom is -0.369 e. The van der Waals surface area contributed by atoms with Gasteiger partial charge < -0.3 is 10.1 Å². The van der Waals surface area contributed by atoms with Gasteiger partial charge >= 0.3 is 0 Å². The van der Waals surface area contributed by atoms with Crippen LogP contribution in [0.4, 0.5) is 5.82 Å². The molecule has 3 heterocycles. The summed E-state index contributed by atoms with van der Waals surface area (Å²) in [5, 5.41) is 4.35. The van der Waals surface area contributed by atoms with Crippen molar-refractivity contribution >= 4 is 23.0 Å². The minimum atomic E-state index is 0.172. The Morgan fingerprint density at radius 2 is 1.72 bits per heavy atom. The van der Waals surface area contributed by atoms with E-state index >= 15 is 0 Å². The van der Waals surface area contributed by atoms with Crippen molar-refractivity contribution in [1.82, 2.24) is 19.9 Å². The average molecular weight is 383 g/mol. The van der Waals surface area contributed by atoms with Crippen LogP contribution >= 0.6 is 0 Å². The van der Waals surface area contributed by atoms with Crippen molar-refractivity contribution in [1.29, 1.82) is 0 Å². The number of anilines is 1. The minimum absolute atomic E-state index is 0.172. The van der Waals surface area contributed by atoms with Crippen LogP contribution in [0.15, 0.2) is 73.3 Å². The lowest BCUT2D eigenvalue weighted by atomic mass is 9.96. The Kier molecular flexibility index (Phi) is 5.81. The molecule has 6 heteroatoms. The van der Waals surface area contributed by atoms with Gasteiger partial charge in [0.15, 0.2) is 5.82 Å². The molecule has 0 aliphatic carbocycles. The van der Waals surface area contributed by atoms with Crippen molar-refractivity contribution < 1.29 is 4.79 Å². The number of nitrogens with one attached hydrogen (secondary N) is 1. The first-order valence-electron chi connectivity index (χ1n) is 9.57. The third kappa shape index (κ3) is 4.60. The average Bonchev–Trinajstić information content (AvgIpc) is 2.78. The molecule has 0 amide bonds. The number of carbonyl (C=O) groups excluding carboxylic acids is 1. The molecule has 0 radical (unpaired) electrons. The van der Waals surface area contributed by atoms with Crippen molar-refractivity contribution in [3.05, 3.63) is 78.9 Å². The zero-order valence-electron chi connectivity index (χ0n) is 15.9. The Hall–Kier alpha value is -3.67. The number of carbonyl (C=O) groups is 1. The van der Waals surface area contributed by atoms with Gasteiger partial charge in [0.25, 0.3) is 0 Å². The van der Waals surface area contributed by atoms with Crippen LogP contribution in [0, 0.1) is 5.92 Å². The van der Waals surface area contributed by atoms with Crippen molar-refractivity contribution in [2.45, 2.75) is 12.8 Å². The quantitative estimate of drug-likeness (QED) is 0.464. The Balaban J connectivity index is 1.61. The molecule has 4 aromatic rings. The van der Waals surface area contributed by atoms with E-state index in [9.17, 15) is 4.79 Å². The summed E-state index contributed by atoms with van der Waals surface area (Å²) in [7, 11) is 0. The van der Waals surface area contributed by atoms with E-state index in [2.05, 4.69) is 32.4 Å². The zero-order valence-corrected chi connectivity index (χ0v) is 15.9. The second-order valence-electron chi connectivity index (χ2n) is 6.86. The lowest BCUT2D eigenvalue weighted by Crippen LogP contribution is -2.18. The summed E-state index contributed by atoms with van der Waals surface area (Å²) >= 11 is 0. The molecule has 0 spiro atoms. The van der Waals surface area contributed by atoms with Crippen molar-refractivity contribution in [3.63, 3.8) is 0 Å². The van der Waals surface area contributed by atoms with Gasteiger partial charge in [-0.1, -0.05) is 30.3 Å². The summed E-state index contributed by atoms with van der Waals surface area (Å²) in [5.74, 6) is 1.53. The van der Waals surface area contributed by atoms with Crippen molar-refractivity contribution in [2.75, 3.05) is 11.9 Å². The predicted octanol–water partition coefficient (Wildman–Crippen LogP) is 3.95. The number of aldehydes is 1. The summed E-state index contributed by atoms with van der Waals surface area (Å²) in [6.45, 7) is 0.637. The third-order valence-corrected chi connectivity index (χ3v) is 4.79. The summed E-state index contributed by atoms with van der Waals surface area (Å²) < 4.78 is 0. The van der Waals surface area contributed by atoms with Crippen LogP contribution < -0.4 is 5.32 Å². The van der Waals surface area contributed by atoms with E-state index in [1.165, 1.54) is 5.56 Å². The highest BCUT2D eigenvalue weighted by Gasteiger charge is 2.13. The van der Waals surface area contributed by atoms with Gasteiger partial charge in [0, 0.05) is 42.5 Å². The second kappa shape index (κ2) is 9.01. The molecule has 29 heavy (non-hydrogen) atoms. The van der Waals surface area contributed by atoms with E-state index < -0.39 is 0 Å². The van der Waals surface area contributed by atoms with E-state index in [0.717, 1.165) is 35.0 Å². The van der Waals surface area contributed by atoms with Gasteiger partial charge in [-0.2, -0.15) is 0 Å². The molecule has 1 aromatic carbocycles. The highest BCUT2D eigenvalue weighted by atomic mass is 16.1. The topological polar surface area (TPSA) is 80.7 Å². The summed E-state index contributed by atoms with van der Waals surface area (Å²) in [6, 6.07) is 15.9. The monoisotopic (exact) mass is 383 g/mol. The molecule has 3 aromatic heterocycles. The number of hydrogen-bond donors (Lipinski definition) is 1. The summed E-state index contributed by atoms with van der Waals surface area (Å²) in [6.07, 6.45) is 9.21. The van der Waals surface area contributed by atoms with Gasteiger partial charge in [0.1, 0.15) is 12.1 Å². The Bertz CT molecular complexity index is 1090. The number of hydrogen-bond acceptors (Lipinski definition) is 6. The first kappa shape index (κ1) is 18.7. The number of rotatable bonds is 8. The van der Waals surface area contributed by atoms with E-state index in [4.69, 9.17) is 4.98 Å². The molecule has 4 rings (SSSR count). The molecular weight excluding hydrogens is 362 g/mol. The SMILES string of the molecule is O=CC[C@H](CNc1nc(-c2ccncc2)nc2cnccc12)Cc1ccccc1. The van der Waals surface area contributed by atoms with Crippen LogP contribution in [0.3, 0.4) is 0 Å². The molecule has 0 saturated carbocycles. The van der Waals surface area contributed by atoms with E-state index in [-0.39, 0.29) is 5.92 Å². The lowest BCUT2D eigenvalue weighted by molar-refractivity contribution is -0.108. The molecule has 0 bridgehead atoms. The van der Waals surface area contributed by atoms with Crippen LogP contribution in [0.2, 0.25) is 0 Å². The zero-order chi connectivity index (χ0) is 19.9. The van der Waals surface area contributed by atoms with Crippen LogP contribution in [0.1, 0.15) is 12.0 Å². The van der Waals surface area contributed by atoms with Gasteiger partial charge in [-0.3, -0.25) is 9.97 Å². The third-order valence-electron chi connectivity index (χ3n) is 4.79.